The number of rotatable bonds is 3. The van der Waals surface area contributed by atoms with Gasteiger partial charge in [-0.25, -0.2) is 0 Å². The Kier molecular flexibility index (Phi) is 2.74. The molecule has 0 aromatic carbocycles. The molecule has 0 radical (unpaired) electrons. The van der Waals surface area contributed by atoms with Crippen molar-refractivity contribution in [3.63, 3.8) is 0 Å². The quantitative estimate of drug-likeness (QED) is 0.775. The molecule has 2 unspecified atom stereocenters. The molecule has 2 saturated carbocycles. The molecule has 2 fully saturated rings. The summed E-state index contributed by atoms with van der Waals surface area (Å²) in [6.45, 7) is 2.69. The Hall–Kier alpha value is -0.830. The first-order chi connectivity index (χ1) is 8.24. The third-order valence-electron chi connectivity index (χ3n) is 4.29. The lowest BCUT2D eigenvalue weighted by atomic mass is 10.0. The van der Waals surface area contributed by atoms with Crippen LogP contribution in [0.5, 0.6) is 0 Å². The summed E-state index contributed by atoms with van der Waals surface area (Å²) < 4.78 is 1.73. The Morgan fingerprint density at radius 1 is 1.47 bits per heavy atom. The zero-order chi connectivity index (χ0) is 12.0. The van der Waals surface area contributed by atoms with Gasteiger partial charge in [-0.15, -0.1) is 0 Å². The van der Waals surface area contributed by atoms with Crippen LogP contribution in [0.15, 0.2) is 6.20 Å². The molecular weight excluding hydrogens is 236 g/mol. The maximum Gasteiger partial charge on any atom is 0.186 e. The van der Waals surface area contributed by atoms with Crippen molar-refractivity contribution in [3.8, 4) is 0 Å². The van der Waals surface area contributed by atoms with Crippen molar-refractivity contribution in [1.29, 1.82) is 0 Å². The van der Waals surface area contributed by atoms with Crippen molar-refractivity contribution in [2.75, 3.05) is 0 Å². The standard InChI is InChI=1S/C13H17ClN2O/c1-2-16-12(10(14)7-15-16)13(17)11-8-5-3-4-6-9(8)11/h7-9,11H,2-6H2,1H3. The maximum atomic E-state index is 12.5. The second kappa shape index (κ2) is 4.13. The van der Waals surface area contributed by atoms with E-state index in [1.54, 1.807) is 10.9 Å². The first-order valence-electron chi connectivity index (χ1n) is 6.49. The van der Waals surface area contributed by atoms with E-state index in [4.69, 9.17) is 11.6 Å². The van der Waals surface area contributed by atoms with Crippen LogP contribution in [-0.2, 0) is 6.54 Å². The molecule has 0 aliphatic heterocycles. The van der Waals surface area contributed by atoms with Crippen molar-refractivity contribution in [2.24, 2.45) is 17.8 Å². The minimum absolute atomic E-state index is 0.228. The number of nitrogens with zero attached hydrogens (tertiary/aromatic N) is 2. The number of halogens is 1. The minimum atomic E-state index is 0.228. The summed E-state index contributed by atoms with van der Waals surface area (Å²) in [5, 5.41) is 4.66. The van der Waals surface area contributed by atoms with Gasteiger partial charge in [-0.3, -0.25) is 9.48 Å². The first kappa shape index (κ1) is 11.3. The van der Waals surface area contributed by atoms with Gasteiger partial charge in [-0.1, -0.05) is 24.4 Å². The fourth-order valence-electron chi connectivity index (χ4n) is 3.39. The summed E-state index contributed by atoms with van der Waals surface area (Å²) in [6.07, 6.45) is 6.60. The number of carbonyl (C=O) groups is 1. The summed E-state index contributed by atoms with van der Waals surface area (Å²) in [7, 11) is 0. The minimum Gasteiger partial charge on any atom is -0.292 e. The fourth-order valence-corrected chi connectivity index (χ4v) is 3.62. The van der Waals surface area contributed by atoms with E-state index in [0.29, 0.717) is 29.1 Å². The van der Waals surface area contributed by atoms with E-state index in [-0.39, 0.29) is 11.7 Å². The Balaban J connectivity index is 1.85. The van der Waals surface area contributed by atoms with Gasteiger partial charge in [0.15, 0.2) is 5.78 Å². The molecule has 0 bridgehead atoms. The molecule has 4 heteroatoms. The van der Waals surface area contributed by atoms with Crippen LogP contribution in [0.1, 0.15) is 43.1 Å². The Morgan fingerprint density at radius 3 is 2.71 bits per heavy atom. The van der Waals surface area contributed by atoms with Gasteiger partial charge >= 0.3 is 0 Å². The molecule has 0 N–H and O–H groups in total. The summed E-state index contributed by atoms with van der Waals surface area (Å²) in [5.41, 5.74) is 0.633. The van der Waals surface area contributed by atoms with Crippen LogP contribution < -0.4 is 0 Å². The Bertz CT molecular complexity index is 442. The molecule has 1 aromatic rings. The normalized spacial score (nSPS) is 31.1. The molecule has 3 rings (SSSR count). The van der Waals surface area contributed by atoms with Crippen LogP contribution in [0.3, 0.4) is 0 Å². The monoisotopic (exact) mass is 252 g/mol. The lowest BCUT2D eigenvalue weighted by molar-refractivity contribution is 0.0946. The van der Waals surface area contributed by atoms with Gasteiger partial charge in [0.25, 0.3) is 0 Å². The molecule has 2 atom stereocenters. The Labute approximate surface area is 106 Å². The smallest absolute Gasteiger partial charge is 0.186 e. The van der Waals surface area contributed by atoms with Gasteiger partial charge in [0, 0.05) is 12.5 Å². The molecule has 0 saturated heterocycles. The van der Waals surface area contributed by atoms with E-state index in [9.17, 15) is 4.79 Å². The number of hydrogen-bond donors (Lipinski definition) is 0. The van der Waals surface area contributed by atoms with Gasteiger partial charge < -0.3 is 0 Å². The number of fused-ring (bicyclic) bond motifs is 1. The predicted octanol–water partition coefficient (Wildman–Crippen LogP) is 3.18. The molecule has 92 valence electrons. The van der Waals surface area contributed by atoms with Crippen LogP contribution in [0.2, 0.25) is 5.02 Å². The molecule has 1 heterocycles. The Morgan fingerprint density at radius 2 is 2.12 bits per heavy atom. The van der Waals surface area contributed by atoms with Crippen molar-refractivity contribution in [2.45, 2.75) is 39.2 Å². The molecular formula is C13H17ClN2O. The maximum absolute atomic E-state index is 12.5. The molecule has 2 aliphatic rings. The summed E-state index contributed by atoms with van der Waals surface area (Å²) in [5.74, 6) is 1.73. The summed E-state index contributed by atoms with van der Waals surface area (Å²) >= 11 is 6.08. The number of aryl methyl sites for hydroxylation is 1. The molecule has 0 spiro atoms. The number of carbonyl (C=O) groups excluding carboxylic acids is 1. The van der Waals surface area contributed by atoms with Gasteiger partial charge in [0.05, 0.1) is 11.2 Å². The number of hydrogen-bond acceptors (Lipinski definition) is 2. The van der Waals surface area contributed by atoms with Crippen molar-refractivity contribution < 1.29 is 4.79 Å². The summed E-state index contributed by atoms with van der Waals surface area (Å²) in [4.78, 5) is 12.5. The average Bonchev–Trinajstić information content (AvgIpc) is 2.96. The van der Waals surface area contributed by atoms with Crippen LogP contribution in [0, 0.1) is 17.8 Å². The number of aromatic nitrogens is 2. The highest BCUT2D eigenvalue weighted by molar-refractivity contribution is 6.33. The second-order valence-electron chi connectivity index (χ2n) is 5.16. The van der Waals surface area contributed by atoms with E-state index in [1.807, 2.05) is 6.92 Å². The highest BCUT2D eigenvalue weighted by Gasteiger charge is 2.55. The van der Waals surface area contributed by atoms with E-state index >= 15 is 0 Å². The topological polar surface area (TPSA) is 34.9 Å². The highest BCUT2D eigenvalue weighted by atomic mass is 35.5. The largest absolute Gasteiger partial charge is 0.292 e. The fraction of sp³-hybridized carbons (Fsp3) is 0.692. The van der Waals surface area contributed by atoms with E-state index < -0.39 is 0 Å². The van der Waals surface area contributed by atoms with Crippen LogP contribution in [-0.4, -0.2) is 15.6 Å². The van der Waals surface area contributed by atoms with Gasteiger partial charge in [-0.2, -0.15) is 5.10 Å². The van der Waals surface area contributed by atoms with Gasteiger partial charge in [0.1, 0.15) is 5.69 Å². The molecule has 2 aliphatic carbocycles. The predicted molar refractivity (Wildman–Crippen MR) is 66.2 cm³/mol. The van der Waals surface area contributed by atoms with E-state index in [0.717, 1.165) is 0 Å². The zero-order valence-electron chi connectivity index (χ0n) is 10.0. The van der Waals surface area contributed by atoms with Crippen LogP contribution >= 0.6 is 11.6 Å². The SMILES string of the molecule is CCn1ncc(Cl)c1C(=O)C1C2CCCCC21. The van der Waals surface area contributed by atoms with Gasteiger partial charge in [-0.05, 0) is 31.6 Å². The third-order valence-corrected chi connectivity index (χ3v) is 4.56. The number of ketones is 1. The van der Waals surface area contributed by atoms with Crippen LogP contribution in [0.25, 0.3) is 0 Å². The molecule has 1 aromatic heterocycles. The summed E-state index contributed by atoms with van der Waals surface area (Å²) in [6, 6.07) is 0. The molecule has 17 heavy (non-hydrogen) atoms. The van der Waals surface area contributed by atoms with Crippen molar-refractivity contribution in [1.82, 2.24) is 9.78 Å². The van der Waals surface area contributed by atoms with Crippen molar-refractivity contribution >= 4 is 17.4 Å². The zero-order valence-corrected chi connectivity index (χ0v) is 10.8. The molecule has 3 nitrogen and oxygen atoms in total. The lowest BCUT2D eigenvalue weighted by Gasteiger charge is -2.04. The third kappa shape index (κ3) is 1.71. The second-order valence-corrected chi connectivity index (χ2v) is 5.57. The first-order valence-corrected chi connectivity index (χ1v) is 6.87. The molecule has 0 amide bonds. The van der Waals surface area contributed by atoms with Gasteiger partial charge in [0.2, 0.25) is 0 Å². The number of Topliss-reactive ketones (excluding diaryl/α,β-unsaturated/α-hetero) is 1. The lowest BCUT2D eigenvalue weighted by Crippen LogP contribution is -2.13. The van der Waals surface area contributed by atoms with E-state index in [2.05, 4.69) is 5.10 Å². The highest BCUT2D eigenvalue weighted by Crippen LogP contribution is 2.56. The van der Waals surface area contributed by atoms with E-state index in [1.165, 1.54) is 25.7 Å². The van der Waals surface area contributed by atoms with Crippen molar-refractivity contribution in [3.05, 3.63) is 16.9 Å². The van der Waals surface area contributed by atoms with Crippen LogP contribution in [0.4, 0.5) is 0 Å². The average molecular weight is 253 g/mol.